The molecule has 3 nitrogen and oxygen atoms in total. The summed E-state index contributed by atoms with van der Waals surface area (Å²) in [6, 6.07) is 0. The SMILES string of the molecule is CCC(OCl)OC(CC)OCl. The van der Waals surface area contributed by atoms with Gasteiger partial charge in [-0.1, -0.05) is 13.8 Å². The Hall–Kier alpha value is 0.460. The van der Waals surface area contributed by atoms with Crippen LogP contribution in [0.5, 0.6) is 0 Å². The van der Waals surface area contributed by atoms with Gasteiger partial charge in [-0.15, -0.1) is 0 Å². The van der Waals surface area contributed by atoms with Crippen molar-refractivity contribution in [2.24, 2.45) is 0 Å². The molecular formula is C6H12Cl2O3. The van der Waals surface area contributed by atoms with Crippen molar-refractivity contribution in [1.82, 2.24) is 0 Å². The van der Waals surface area contributed by atoms with E-state index in [9.17, 15) is 0 Å². The first-order chi connectivity index (χ1) is 5.28. The maximum atomic E-state index is 5.14. The standard InChI is InChI=1S/C6H12Cl2O3/c1-3-5(10-7)9-6(4-2)11-8/h5-6H,3-4H2,1-2H3. The van der Waals surface area contributed by atoms with Gasteiger partial charge in [0.2, 0.25) is 0 Å². The zero-order valence-electron chi connectivity index (χ0n) is 6.55. The van der Waals surface area contributed by atoms with Crippen LogP contribution in [0.25, 0.3) is 0 Å². The van der Waals surface area contributed by atoms with E-state index in [0.29, 0.717) is 12.8 Å². The highest BCUT2D eigenvalue weighted by Crippen LogP contribution is 2.10. The van der Waals surface area contributed by atoms with E-state index < -0.39 is 12.6 Å². The van der Waals surface area contributed by atoms with Gasteiger partial charge >= 0.3 is 0 Å². The van der Waals surface area contributed by atoms with Crippen molar-refractivity contribution in [3.05, 3.63) is 0 Å². The minimum Gasteiger partial charge on any atom is -0.321 e. The van der Waals surface area contributed by atoms with Gasteiger partial charge in [-0.25, -0.2) is 8.58 Å². The van der Waals surface area contributed by atoms with Crippen molar-refractivity contribution in [3.63, 3.8) is 0 Å². The Kier molecular flexibility index (Phi) is 7.43. The molecule has 0 N–H and O–H groups in total. The lowest BCUT2D eigenvalue weighted by atomic mass is 10.4. The molecule has 0 aliphatic heterocycles. The lowest BCUT2D eigenvalue weighted by Crippen LogP contribution is -2.21. The molecule has 0 spiro atoms. The molecule has 0 saturated heterocycles. The molecule has 68 valence electrons. The van der Waals surface area contributed by atoms with Crippen LogP contribution in [0.4, 0.5) is 0 Å². The third-order valence-corrected chi connectivity index (χ3v) is 1.57. The second kappa shape index (κ2) is 7.13. The third-order valence-electron chi connectivity index (χ3n) is 1.17. The van der Waals surface area contributed by atoms with Crippen LogP contribution in [-0.2, 0) is 13.3 Å². The average Bonchev–Trinajstić information content (AvgIpc) is 2.07. The fraction of sp³-hybridized carbons (Fsp3) is 1.00. The van der Waals surface area contributed by atoms with Crippen LogP contribution in [0.3, 0.4) is 0 Å². The van der Waals surface area contributed by atoms with Crippen LogP contribution in [0.2, 0.25) is 0 Å². The minimum absolute atomic E-state index is 0.458. The van der Waals surface area contributed by atoms with Crippen LogP contribution in [-0.4, -0.2) is 12.6 Å². The summed E-state index contributed by atoms with van der Waals surface area (Å²) < 4.78 is 14.0. The molecule has 0 bridgehead atoms. The van der Waals surface area contributed by atoms with Crippen molar-refractivity contribution in [2.45, 2.75) is 39.3 Å². The summed E-state index contributed by atoms with van der Waals surface area (Å²) in [4.78, 5) is 0. The zero-order chi connectivity index (χ0) is 8.69. The second-order valence-electron chi connectivity index (χ2n) is 1.99. The van der Waals surface area contributed by atoms with Crippen LogP contribution in [0, 0.1) is 0 Å². The lowest BCUT2D eigenvalue weighted by Gasteiger charge is -2.17. The first kappa shape index (κ1) is 11.5. The quantitative estimate of drug-likeness (QED) is 0.621. The van der Waals surface area contributed by atoms with E-state index >= 15 is 0 Å². The van der Waals surface area contributed by atoms with E-state index in [1.165, 1.54) is 0 Å². The molecule has 5 heteroatoms. The summed E-state index contributed by atoms with van der Waals surface area (Å²) in [5.74, 6) is 0. The summed E-state index contributed by atoms with van der Waals surface area (Å²) >= 11 is 10.2. The highest BCUT2D eigenvalue weighted by molar-refractivity contribution is 6.07. The molecule has 11 heavy (non-hydrogen) atoms. The van der Waals surface area contributed by atoms with Crippen LogP contribution in [0.15, 0.2) is 0 Å². The summed E-state index contributed by atoms with van der Waals surface area (Å²) in [6.45, 7) is 3.77. The van der Waals surface area contributed by atoms with Gasteiger partial charge in [0.15, 0.2) is 12.6 Å². The van der Waals surface area contributed by atoms with Gasteiger partial charge in [0.25, 0.3) is 0 Å². The Balaban J connectivity index is 3.58. The summed E-state index contributed by atoms with van der Waals surface area (Å²) in [5.41, 5.74) is 0. The third kappa shape index (κ3) is 4.82. The molecule has 0 aromatic carbocycles. The first-order valence-corrected chi connectivity index (χ1v) is 4.10. The Morgan fingerprint density at radius 3 is 1.55 bits per heavy atom. The van der Waals surface area contributed by atoms with Gasteiger partial charge < -0.3 is 4.74 Å². The number of hydrogen-bond acceptors (Lipinski definition) is 3. The number of ether oxygens (including phenoxy) is 1. The van der Waals surface area contributed by atoms with E-state index in [1.807, 2.05) is 13.8 Å². The van der Waals surface area contributed by atoms with E-state index in [1.54, 1.807) is 0 Å². The molecule has 0 radical (unpaired) electrons. The molecule has 2 unspecified atom stereocenters. The zero-order valence-corrected chi connectivity index (χ0v) is 8.06. The van der Waals surface area contributed by atoms with E-state index in [0.717, 1.165) is 0 Å². The van der Waals surface area contributed by atoms with E-state index in [2.05, 4.69) is 8.58 Å². The average molecular weight is 203 g/mol. The summed E-state index contributed by atoms with van der Waals surface area (Å²) in [6.07, 6.45) is 0.390. The van der Waals surface area contributed by atoms with Gasteiger partial charge in [-0.05, 0) is 12.8 Å². The number of hydrogen-bond donors (Lipinski definition) is 0. The Morgan fingerprint density at radius 2 is 1.36 bits per heavy atom. The van der Waals surface area contributed by atoms with Gasteiger partial charge in [0.05, 0.1) is 23.7 Å². The Labute approximate surface area is 76.9 Å². The Morgan fingerprint density at radius 1 is 1.00 bits per heavy atom. The predicted molar refractivity (Wildman–Crippen MR) is 43.1 cm³/mol. The maximum absolute atomic E-state index is 5.14. The van der Waals surface area contributed by atoms with E-state index in [4.69, 9.17) is 28.5 Å². The smallest absolute Gasteiger partial charge is 0.180 e. The molecule has 0 fully saturated rings. The molecular weight excluding hydrogens is 191 g/mol. The molecule has 2 atom stereocenters. The molecule has 0 heterocycles. The normalized spacial score (nSPS) is 16.4. The molecule has 0 amide bonds. The van der Waals surface area contributed by atoms with Crippen LogP contribution in [0.1, 0.15) is 26.7 Å². The molecule has 0 saturated carbocycles. The summed E-state index contributed by atoms with van der Waals surface area (Å²) in [7, 11) is 0. The highest BCUT2D eigenvalue weighted by atomic mass is 35.5. The number of halogens is 2. The molecule has 0 aliphatic carbocycles. The fourth-order valence-electron chi connectivity index (χ4n) is 0.530. The number of rotatable bonds is 6. The van der Waals surface area contributed by atoms with Gasteiger partial charge in [-0.2, -0.15) is 0 Å². The maximum Gasteiger partial charge on any atom is 0.180 e. The van der Waals surface area contributed by atoms with Gasteiger partial charge in [-0.3, -0.25) is 0 Å². The first-order valence-electron chi connectivity index (χ1n) is 3.48. The molecule has 0 aromatic rings. The monoisotopic (exact) mass is 202 g/mol. The second-order valence-corrected chi connectivity index (χ2v) is 2.35. The fourth-order valence-corrected chi connectivity index (χ4v) is 0.866. The summed E-state index contributed by atoms with van der Waals surface area (Å²) in [5, 5.41) is 0. The van der Waals surface area contributed by atoms with Crippen LogP contribution >= 0.6 is 23.7 Å². The highest BCUT2D eigenvalue weighted by Gasteiger charge is 2.13. The molecule has 0 aliphatic rings. The largest absolute Gasteiger partial charge is 0.321 e. The van der Waals surface area contributed by atoms with Crippen molar-refractivity contribution in [2.75, 3.05) is 0 Å². The van der Waals surface area contributed by atoms with Crippen molar-refractivity contribution < 1.29 is 13.3 Å². The lowest BCUT2D eigenvalue weighted by molar-refractivity contribution is -0.183. The van der Waals surface area contributed by atoms with Gasteiger partial charge in [0.1, 0.15) is 0 Å². The van der Waals surface area contributed by atoms with Crippen LogP contribution < -0.4 is 0 Å². The predicted octanol–water partition coefficient (Wildman–Crippen LogP) is 2.82. The van der Waals surface area contributed by atoms with E-state index in [-0.39, 0.29) is 0 Å². The van der Waals surface area contributed by atoms with Gasteiger partial charge in [0, 0.05) is 0 Å². The minimum atomic E-state index is -0.458. The molecule has 0 rings (SSSR count). The topological polar surface area (TPSA) is 27.7 Å². The molecule has 0 aromatic heterocycles. The Bertz CT molecular complexity index is 73.9. The van der Waals surface area contributed by atoms with Crippen molar-refractivity contribution in [1.29, 1.82) is 0 Å². The van der Waals surface area contributed by atoms with Crippen molar-refractivity contribution in [3.8, 4) is 0 Å². The van der Waals surface area contributed by atoms with Crippen molar-refractivity contribution >= 4 is 23.7 Å².